The van der Waals surface area contributed by atoms with Crippen molar-refractivity contribution in [2.45, 2.75) is 19.3 Å². The Hall–Kier alpha value is -0.940. The van der Waals surface area contributed by atoms with Gasteiger partial charge in [0.25, 0.3) is 0 Å². The summed E-state index contributed by atoms with van der Waals surface area (Å²) in [4.78, 5) is 2.05. The van der Waals surface area contributed by atoms with E-state index in [-0.39, 0.29) is 5.84 Å². The van der Waals surface area contributed by atoms with E-state index in [0.29, 0.717) is 0 Å². The number of nitrogens with one attached hydrogen (secondary N) is 1. The summed E-state index contributed by atoms with van der Waals surface area (Å²) < 4.78 is 35.1. The Morgan fingerprint density at radius 2 is 2.10 bits per heavy atom. The van der Waals surface area contributed by atoms with Gasteiger partial charge in [0.1, 0.15) is 0 Å². The lowest BCUT2D eigenvalue weighted by atomic mass is 10.5. The maximum Gasteiger partial charge on any atom is 0.455 e. The molecule has 1 aliphatic rings. The summed E-state index contributed by atoms with van der Waals surface area (Å²) in [5.74, 6) is 0.197. The molecule has 1 N–H and O–H groups in total. The molecule has 6 heteroatoms. The first-order chi connectivity index (χ1) is 4.50. The Bertz CT molecular complexity index is 192. The van der Waals surface area contributed by atoms with E-state index in [9.17, 15) is 13.2 Å². The zero-order chi connectivity index (χ0) is 7.78. The van der Waals surface area contributed by atoms with Crippen molar-refractivity contribution in [2.24, 2.45) is 10.2 Å². The Labute approximate surface area is 54.7 Å². The SMILES string of the molecule is CC1=[NH+]C(C(F)(F)F)N=N1. The molecule has 1 aliphatic heterocycles. The number of azo groups is 1. The van der Waals surface area contributed by atoms with Crippen LogP contribution in [0.3, 0.4) is 0 Å². The standard InChI is InChI=1S/C4H4F3N3/c1-2-8-3(10-9-2)4(5,6)7/h3H,1H3/p+1. The highest BCUT2D eigenvalue weighted by Crippen LogP contribution is 2.19. The van der Waals surface area contributed by atoms with Crippen LogP contribution in [-0.2, 0) is 0 Å². The molecule has 1 heterocycles. The lowest BCUT2D eigenvalue weighted by molar-refractivity contribution is -0.541. The maximum absolute atomic E-state index is 11.7. The highest BCUT2D eigenvalue weighted by molar-refractivity contribution is 5.74. The largest absolute Gasteiger partial charge is 0.455 e. The third kappa shape index (κ3) is 1.31. The van der Waals surface area contributed by atoms with Gasteiger partial charge in [0.15, 0.2) is 0 Å². The normalized spacial score (nSPS) is 25.2. The minimum absolute atomic E-state index is 0.197. The monoisotopic (exact) mass is 152 g/mol. The Morgan fingerprint density at radius 3 is 2.30 bits per heavy atom. The van der Waals surface area contributed by atoms with Crippen LogP contribution in [0.25, 0.3) is 0 Å². The zero-order valence-corrected chi connectivity index (χ0v) is 5.11. The molecule has 0 spiro atoms. The van der Waals surface area contributed by atoms with E-state index >= 15 is 0 Å². The van der Waals surface area contributed by atoms with E-state index in [1.807, 2.05) is 0 Å². The zero-order valence-electron chi connectivity index (χ0n) is 5.11. The molecule has 0 aromatic heterocycles. The van der Waals surface area contributed by atoms with Crippen LogP contribution in [0, 0.1) is 0 Å². The topological polar surface area (TPSA) is 38.7 Å². The van der Waals surface area contributed by atoms with Crippen molar-refractivity contribution < 1.29 is 18.2 Å². The van der Waals surface area contributed by atoms with Crippen LogP contribution < -0.4 is 4.99 Å². The van der Waals surface area contributed by atoms with Gasteiger partial charge in [-0.3, -0.25) is 0 Å². The summed E-state index contributed by atoms with van der Waals surface area (Å²) in [6, 6.07) is 0. The van der Waals surface area contributed by atoms with Gasteiger partial charge in [-0.1, -0.05) is 0 Å². The van der Waals surface area contributed by atoms with E-state index < -0.39 is 12.3 Å². The highest BCUT2D eigenvalue weighted by Gasteiger charge is 2.46. The van der Waals surface area contributed by atoms with Gasteiger partial charge in [-0.15, -0.1) is 0 Å². The molecule has 56 valence electrons. The summed E-state index contributed by atoms with van der Waals surface area (Å²) in [6.07, 6.45) is -6.17. The lowest BCUT2D eigenvalue weighted by Crippen LogP contribution is -2.80. The van der Waals surface area contributed by atoms with Crippen LogP contribution in [0.5, 0.6) is 0 Å². The van der Waals surface area contributed by atoms with Crippen LogP contribution >= 0.6 is 0 Å². The number of hydrogen-bond donors (Lipinski definition) is 1. The number of amidine groups is 1. The quantitative estimate of drug-likeness (QED) is 0.501. The van der Waals surface area contributed by atoms with Gasteiger partial charge in [0.05, 0.1) is 5.11 Å². The van der Waals surface area contributed by atoms with Crippen molar-refractivity contribution in [3.05, 3.63) is 0 Å². The van der Waals surface area contributed by atoms with Crippen LogP contribution in [0.15, 0.2) is 10.2 Å². The molecule has 0 saturated carbocycles. The van der Waals surface area contributed by atoms with Crippen LogP contribution in [0.4, 0.5) is 13.2 Å². The molecule has 1 atom stereocenters. The van der Waals surface area contributed by atoms with E-state index in [1.54, 1.807) is 0 Å². The van der Waals surface area contributed by atoms with Gasteiger partial charge in [-0.25, -0.2) is 4.99 Å². The van der Waals surface area contributed by atoms with Crippen molar-refractivity contribution in [3.8, 4) is 0 Å². The Morgan fingerprint density at radius 1 is 1.50 bits per heavy atom. The summed E-state index contributed by atoms with van der Waals surface area (Å²) in [6.45, 7) is 1.43. The molecular formula is C4H5F3N3+. The molecule has 3 nitrogen and oxygen atoms in total. The molecule has 1 unspecified atom stereocenters. The summed E-state index contributed by atoms with van der Waals surface area (Å²) in [7, 11) is 0. The second-order valence-corrected chi connectivity index (χ2v) is 1.89. The van der Waals surface area contributed by atoms with Crippen molar-refractivity contribution in [1.82, 2.24) is 0 Å². The predicted octanol–water partition coefficient (Wildman–Crippen LogP) is -0.160. The van der Waals surface area contributed by atoms with Crippen molar-refractivity contribution in [1.29, 1.82) is 0 Å². The van der Waals surface area contributed by atoms with E-state index in [4.69, 9.17) is 0 Å². The first-order valence-corrected chi connectivity index (χ1v) is 2.58. The van der Waals surface area contributed by atoms with E-state index in [1.165, 1.54) is 6.92 Å². The van der Waals surface area contributed by atoms with E-state index in [2.05, 4.69) is 15.2 Å². The molecule has 0 aromatic carbocycles. The van der Waals surface area contributed by atoms with Gasteiger partial charge >= 0.3 is 18.2 Å². The second-order valence-electron chi connectivity index (χ2n) is 1.89. The fourth-order valence-electron chi connectivity index (χ4n) is 0.547. The number of nitrogens with zero attached hydrogens (tertiary/aromatic N) is 2. The fourth-order valence-corrected chi connectivity index (χ4v) is 0.547. The third-order valence-corrected chi connectivity index (χ3v) is 0.979. The molecule has 0 aliphatic carbocycles. The summed E-state index contributed by atoms with van der Waals surface area (Å²) >= 11 is 0. The highest BCUT2D eigenvalue weighted by atomic mass is 19.4. The van der Waals surface area contributed by atoms with Crippen LogP contribution in [0.1, 0.15) is 6.92 Å². The van der Waals surface area contributed by atoms with Crippen molar-refractivity contribution in [3.63, 3.8) is 0 Å². The number of rotatable bonds is 0. The Balaban J connectivity index is 2.72. The van der Waals surface area contributed by atoms with Gasteiger partial charge in [-0.05, 0) is 5.11 Å². The first-order valence-electron chi connectivity index (χ1n) is 2.58. The Kier molecular flexibility index (Phi) is 1.46. The molecule has 0 aromatic rings. The lowest BCUT2D eigenvalue weighted by Gasteiger charge is -2.02. The molecule has 1 rings (SSSR count). The van der Waals surface area contributed by atoms with Crippen molar-refractivity contribution >= 4 is 5.84 Å². The average Bonchev–Trinajstić information content (AvgIpc) is 2.11. The molecule has 0 amide bonds. The minimum Gasteiger partial charge on any atom is -0.240 e. The number of hydrogen-bond acceptors (Lipinski definition) is 2. The number of halogens is 3. The summed E-state index contributed by atoms with van der Waals surface area (Å²) in [5, 5.41) is 6.13. The molecule has 0 radical (unpaired) electrons. The predicted molar refractivity (Wildman–Crippen MR) is 26.3 cm³/mol. The molecule has 10 heavy (non-hydrogen) atoms. The van der Waals surface area contributed by atoms with Crippen LogP contribution in [0.2, 0.25) is 0 Å². The fraction of sp³-hybridized carbons (Fsp3) is 0.750. The number of alkyl halides is 3. The molecular weight excluding hydrogens is 147 g/mol. The third-order valence-electron chi connectivity index (χ3n) is 0.979. The van der Waals surface area contributed by atoms with E-state index in [0.717, 1.165) is 0 Å². The maximum atomic E-state index is 11.7. The van der Waals surface area contributed by atoms with Gasteiger partial charge in [0, 0.05) is 6.92 Å². The van der Waals surface area contributed by atoms with Gasteiger partial charge in [0.2, 0.25) is 0 Å². The second kappa shape index (κ2) is 2.03. The van der Waals surface area contributed by atoms with Gasteiger partial charge < -0.3 is 0 Å². The summed E-state index contributed by atoms with van der Waals surface area (Å²) in [5.41, 5.74) is 0. The minimum atomic E-state index is -4.33. The smallest absolute Gasteiger partial charge is 0.240 e. The molecule has 0 bridgehead atoms. The van der Waals surface area contributed by atoms with Crippen molar-refractivity contribution in [2.75, 3.05) is 0 Å². The molecule has 0 saturated heterocycles. The average molecular weight is 152 g/mol. The first kappa shape index (κ1) is 7.17. The molecule has 0 fully saturated rings. The van der Waals surface area contributed by atoms with Gasteiger partial charge in [-0.2, -0.15) is 13.2 Å². The van der Waals surface area contributed by atoms with Crippen LogP contribution in [-0.4, -0.2) is 18.2 Å².